The van der Waals surface area contributed by atoms with Crippen molar-refractivity contribution in [1.29, 1.82) is 0 Å². The molecule has 1 aromatic rings. The summed E-state index contributed by atoms with van der Waals surface area (Å²) in [7, 11) is 4.15. The van der Waals surface area contributed by atoms with Gasteiger partial charge < -0.3 is 15.5 Å². The zero-order valence-corrected chi connectivity index (χ0v) is 16.6. The summed E-state index contributed by atoms with van der Waals surface area (Å²) in [4.78, 5) is 43.0. The Labute approximate surface area is 165 Å². The molecule has 7 nitrogen and oxygen atoms in total. The number of imide groups is 1. The van der Waals surface area contributed by atoms with Crippen LogP contribution in [0.1, 0.15) is 44.1 Å². The van der Waals surface area contributed by atoms with E-state index < -0.39 is 23.4 Å². The Balaban J connectivity index is 1.60. The van der Waals surface area contributed by atoms with Crippen molar-refractivity contribution < 1.29 is 14.4 Å². The molecule has 0 unspecified atom stereocenters. The van der Waals surface area contributed by atoms with Crippen molar-refractivity contribution in [2.24, 2.45) is 5.73 Å². The molecule has 1 saturated carbocycles. The standard InChI is InChI=1S/C21H28N4O3/c1-23(2)14-12-20(10-11-20)15-5-7-16(8-6-15)25-18(27)21(17(22)26)9-3-4-13-24(21)19(25)28/h5-8H,3-4,9-14H2,1-2H3,(H2,22,26)/t21-/m0/s1. The van der Waals surface area contributed by atoms with Crippen LogP contribution in [0.15, 0.2) is 24.3 Å². The molecule has 4 rings (SSSR count). The van der Waals surface area contributed by atoms with E-state index in [0.717, 1.165) is 24.3 Å². The zero-order valence-electron chi connectivity index (χ0n) is 16.6. The molecule has 2 aliphatic heterocycles. The van der Waals surface area contributed by atoms with Crippen molar-refractivity contribution in [3.63, 3.8) is 0 Å². The quantitative estimate of drug-likeness (QED) is 0.599. The Morgan fingerprint density at radius 1 is 1.11 bits per heavy atom. The lowest BCUT2D eigenvalue weighted by molar-refractivity contribution is -0.139. The molecule has 28 heavy (non-hydrogen) atoms. The van der Waals surface area contributed by atoms with E-state index in [4.69, 9.17) is 5.73 Å². The van der Waals surface area contributed by atoms with Gasteiger partial charge in [0.25, 0.3) is 11.8 Å². The zero-order chi connectivity index (χ0) is 20.1. The number of piperidine rings is 1. The predicted molar refractivity (Wildman–Crippen MR) is 106 cm³/mol. The number of primary amides is 1. The largest absolute Gasteiger partial charge is 0.367 e. The summed E-state index contributed by atoms with van der Waals surface area (Å²) in [5, 5.41) is 0. The minimum absolute atomic E-state index is 0.216. The predicted octanol–water partition coefficient (Wildman–Crippen LogP) is 1.85. The maximum atomic E-state index is 13.1. The molecule has 7 heteroatoms. The fourth-order valence-electron chi connectivity index (χ4n) is 4.68. The highest BCUT2D eigenvalue weighted by atomic mass is 16.2. The molecule has 0 radical (unpaired) electrons. The highest BCUT2D eigenvalue weighted by Gasteiger charge is 2.62. The average Bonchev–Trinajstić information content (AvgIpc) is 3.43. The monoisotopic (exact) mass is 384 g/mol. The number of rotatable bonds is 6. The molecule has 1 aliphatic carbocycles. The van der Waals surface area contributed by atoms with Crippen LogP contribution >= 0.6 is 0 Å². The molecule has 2 saturated heterocycles. The molecule has 1 aromatic carbocycles. The Morgan fingerprint density at radius 2 is 1.79 bits per heavy atom. The van der Waals surface area contributed by atoms with E-state index in [9.17, 15) is 14.4 Å². The normalized spacial score (nSPS) is 26.0. The Bertz CT molecular complexity index is 815. The van der Waals surface area contributed by atoms with E-state index in [-0.39, 0.29) is 5.41 Å². The first-order valence-electron chi connectivity index (χ1n) is 10.0. The molecule has 0 bridgehead atoms. The highest BCUT2D eigenvalue weighted by Crippen LogP contribution is 2.51. The van der Waals surface area contributed by atoms with Crippen molar-refractivity contribution >= 4 is 23.5 Å². The number of nitrogens with zero attached hydrogens (tertiary/aromatic N) is 3. The van der Waals surface area contributed by atoms with Gasteiger partial charge in [0.05, 0.1) is 5.69 Å². The maximum Gasteiger partial charge on any atom is 0.332 e. The van der Waals surface area contributed by atoms with Gasteiger partial charge in [-0.15, -0.1) is 0 Å². The summed E-state index contributed by atoms with van der Waals surface area (Å²) in [6.45, 7) is 1.41. The van der Waals surface area contributed by atoms with Crippen LogP contribution in [-0.4, -0.2) is 60.4 Å². The van der Waals surface area contributed by atoms with Crippen molar-refractivity contribution in [3.05, 3.63) is 29.8 Å². The second-order valence-corrected chi connectivity index (χ2v) is 8.64. The lowest BCUT2D eigenvalue weighted by atomic mass is 9.86. The second kappa shape index (κ2) is 6.58. The summed E-state index contributed by atoms with van der Waals surface area (Å²) in [6, 6.07) is 7.26. The third kappa shape index (κ3) is 2.71. The lowest BCUT2D eigenvalue weighted by Crippen LogP contribution is -2.60. The van der Waals surface area contributed by atoms with Gasteiger partial charge in [-0.3, -0.25) is 9.59 Å². The third-order valence-corrected chi connectivity index (χ3v) is 6.65. The summed E-state index contributed by atoms with van der Waals surface area (Å²) in [5.41, 5.74) is 6.06. The van der Waals surface area contributed by atoms with Crippen LogP contribution in [0, 0.1) is 0 Å². The molecule has 0 spiro atoms. The summed E-state index contributed by atoms with van der Waals surface area (Å²) in [5.74, 6) is -1.24. The van der Waals surface area contributed by atoms with Crippen LogP contribution in [0.25, 0.3) is 0 Å². The average molecular weight is 384 g/mol. The van der Waals surface area contributed by atoms with Gasteiger partial charge in [0.15, 0.2) is 0 Å². The summed E-state index contributed by atoms with van der Waals surface area (Å²) >= 11 is 0. The fourth-order valence-corrected chi connectivity index (χ4v) is 4.68. The van der Waals surface area contributed by atoms with Crippen molar-refractivity contribution in [2.45, 2.75) is 49.5 Å². The second-order valence-electron chi connectivity index (χ2n) is 8.64. The first-order valence-corrected chi connectivity index (χ1v) is 10.0. The number of amides is 4. The summed E-state index contributed by atoms with van der Waals surface area (Å²) in [6.07, 6.45) is 5.21. The topological polar surface area (TPSA) is 86.9 Å². The number of nitrogens with two attached hydrogens (primary N) is 1. The Kier molecular flexibility index (Phi) is 4.45. The third-order valence-electron chi connectivity index (χ3n) is 6.65. The van der Waals surface area contributed by atoms with Gasteiger partial charge in [0, 0.05) is 6.54 Å². The first kappa shape index (κ1) is 18.9. The Hall–Kier alpha value is -2.41. The lowest BCUT2D eigenvalue weighted by Gasteiger charge is -2.35. The van der Waals surface area contributed by atoms with E-state index >= 15 is 0 Å². The molecule has 3 fully saturated rings. The smallest absolute Gasteiger partial charge is 0.332 e. The number of anilines is 1. The number of carbonyl (C=O) groups excluding carboxylic acids is 3. The number of fused-ring (bicyclic) bond motifs is 1. The fraction of sp³-hybridized carbons (Fsp3) is 0.571. The molecule has 3 aliphatic rings. The van der Waals surface area contributed by atoms with Crippen LogP contribution in [-0.2, 0) is 15.0 Å². The van der Waals surface area contributed by atoms with Gasteiger partial charge in [-0.2, -0.15) is 0 Å². The van der Waals surface area contributed by atoms with Gasteiger partial charge in [-0.25, -0.2) is 9.69 Å². The van der Waals surface area contributed by atoms with E-state index in [1.165, 1.54) is 23.3 Å². The van der Waals surface area contributed by atoms with Crippen LogP contribution in [0.5, 0.6) is 0 Å². The van der Waals surface area contributed by atoms with Crippen LogP contribution in [0.3, 0.4) is 0 Å². The van der Waals surface area contributed by atoms with Gasteiger partial charge >= 0.3 is 6.03 Å². The number of hydrogen-bond acceptors (Lipinski definition) is 4. The summed E-state index contributed by atoms with van der Waals surface area (Å²) < 4.78 is 0. The van der Waals surface area contributed by atoms with Crippen LogP contribution < -0.4 is 10.6 Å². The van der Waals surface area contributed by atoms with Crippen LogP contribution in [0.2, 0.25) is 0 Å². The minimum atomic E-state index is -1.52. The first-order chi connectivity index (χ1) is 13.3. The molecule has 4 amide bonds. The SMILES string of the molecule is CN(C)CCC1(c2ccc(N3C(=O)N4CCCC[C@]4(C(N)=O)C3=O)cc2)CC1. The van der Waals surface area contributed by atoms with Gasteiger partial charge in [-0.05, 0) is 82.3 Å². The van der Waals surface area contributed by atoms with Crippen LogP contribution in [0.4, 0.5) is 10.5 Å². The number of urea groups is 1. The molecular weight excluding hydrogens is 356 g/mol. The number of hydrogen-bond donors (Lipinski definition) is 1. The van der Waals surface area contributed by atoms with E-state index in [1.54, 1.807) is 0 Å². The van der Waals surface area contributed by atoms with Crippen molar-refractivity contribution in [2.75, 3.05) is 32.1 Å². The van der Waals surface area contributed by atoms with Gasteiger partial charge in [0.2, 0.25) is 5.54 Å². The van der Waals surface area contributed by atoms with Crippen molar-refractivity contribution in [1.82, 2.24) is 9.80 Å². The molecule has 150 valence electrons. The van der Waals surface area contributed by atoms with E-state index in [2.05, 4.69) is 19.0 Å². The highest BCUT2D eigenvalue weighted by molar-refractivity contribution is 6.30. The number of benzene rings is 1. The van der Waals surface area contributed by atoms with Gasteiger partial charge in [0.1, 0.15) is 0 Å². The van der Waals surface area contributed by atoms with Crippen molar-refractivity contribution in [3.8, 4) is 0 Å². The maximum absolute atomic E-state index is 13.1. The molecule has 2 N–H and O–H groups in total. The molecular formula is C21H28N4O3. The molecule has 2 heterocycles. The number of carbonyl (C=O) groups is 3. The Morgan fingerprint density at radius 3 is 2.32 bits per heavy atom. The van der Waals surface area contributed by atoms with E-state index in [0.29, 0.717) is 25.1 Å². The molecule has 0 aromatic heterocycles. The van der Waals surface area contributed by atoms with Gasteiger partial charge in [-0.1, -0.05) is 12.1 Å². The minimum Gasteiger partial charge on any atom is -0.367 e. The molecule has 1 atom stereocenters. The van der Waals surface area contributed by atoms with E-state index in [1.807, 2.05) is 24.3 Å².